The molecule has 0 spiro atoms. The van der Waals surface area contributed by atoms with Gasteiger partial charge in [-0.25, -0.2) is 0 Å². The number of ketones is 1. The maximum absolute atomic E-state index is 12.0. The minimum Gasteiger partial charge on any atom is -0.481 e. The molecule has 96 valence electrons. The Kier molecular flexibility index (Phi) is 4.26. The van der Waals surface area contributed by atoms with Crippen LogP contribution in [0.4, 0.5) is 0 Å². The van der Waals surface area contributed by atoms with Gasteiger partial charge in [0.25, 0.3) is 0 Å². The molecular weight excluding hydrogens is 224 g/mol. The molecule has 0 amide bonds. The molecule has 0 aliphatic heterocycles. The summed E-state index contributed by atoms with van der Waals surface area (Å²) >= 11 is 0. The van der Waals surface area contributed by atoms with Crippen LogP contribution in [0.3, 0.4) is 0 Å². The first-order chi connectivity index (χ1) is 7.95. The van der Waals surface area contributed by atoms with Gasteiger partial charge in [-0.3, -0.25) is 14.4 Å². The van der Waals surface area contributed by atoms with E-state index in [0.29, 0.717) is 12.8 Å². The van der Waals surface area contributed by atoms with Crippen molar-refractivity contribution >= 4 is 17.7 Å². The molecule has 1 aliphatic carbocycles. The highest BCUT2D eigenvalue weighted by Crippen LogP contribution is 2.42. The summed E-state index contributed by atoms with van der Waals surface area (Å²) in [4.78, 5) is 34.7. The fourth-order valence-corrected chi connectivity index (χ4v) is 2.61. The molecule has 1 saturated carbocycles. The number of methoxy groups -OCH3 is 1. The lowest BCUT2D eigenvalue weighted by Gasteiger charge is -2.37. The van der Waals surface area contributed by atoms with Gasteiger partial charge < -0.3 is 9.84 Å². The molecule has 1 rings (SSSR count). The first-order valence-electron chi connectivity index (χ1n) is 5.78. The van der Waals surface area contributed by atoms with Gasteiger partial charge in [-0.15, -0.1) is 0 Å². The van der Waals surface area contributed by atoms with Gasteiger partial charge in [0.15, 0.2) is 0 Å². The van der Waals surface area contributed by atoms with Crippen molar-refractivity contribution in [3.8, 4) is 0 Å². The van der Waals surface area contributed by atoms with Crippen molar-refractivity contribution in [2.75, 3.05) is 7.11 Å². The highest BCUT2D eigenvalue weighted by atomic mass is 16.5. The van der Waals surface area contributed by atoms with Crippen molar-refractivity contribution in [3.05, 3.63) is 0 Å². The second kappa shape index (κ2) is 5.29. The van der Waals surface area contributed by atoms with E-state index in [9.17, 15) is 14.4 Å². The number of esters is 1. The number of hydrogen-bond donors (Lipinski definition) is 1. The van der Waals surface area contributed by atoms with Gasteiger partial charge in [-0.2, -0.15) is 0 Å². The van der Waals surface area contributed by atoms with Gasteiger partial charge >= 0.3 is 11.9 Å². The topological polar surface area (TPSA) is 80.7 Å². The molecule has 1 N–H and O–H groups in total. The van der Waals surface area contributed by atoms with Gasteiger partial charge in [-0.05, 0) is 18.8 Å². The lowest BCUT2D eigenvalue weighted by atomic mass is 9.64. The first-order valence-corrected chi connectivity index (χ1v) is 5.78. The number of carboxylic acids is 1. The zero-order valence-electron chi connectivity index (χ0n) is 10.2. The number of aliphatic carboxylic acids is 1. The van der Waals surface area contributed by atoms with E-state index < -0.39 is 23.3 Å². The quantitative estimate of drug-likeness (QED) is 0.595. The third kappa shape index (κ3) is 2.48. The van der Waals surface area contributed by atoms with Crippen LogP contribution in [-0.4, -0.2) is 29.9 Å². The summed E-state index contributed by atoms with van der Waals surface area (Å²) in [6, 6.07) is 0. The van der Waals surface area contributed by atoms with Crippen LogP contribution in [0.1, 0.15) is 39.0 Å². The van der Waals surface area contributed by atoms with Gasteiger partial charge in [-0.1, -0.05) is 13.3 Å². The molecule has 0 aromatic heterocycles. The van der Waals surface area contributed by atoms with Crippen molar-refractivity contribution in [3.63, 3.8) is 0 Å². The van der Waals surface area contributed by atoms with Crippen molar-refractivity contribution in [1.29, 1.82) is 0 Å². The van der Waals surface area contributed by atoms with Gasteiger partial charge in [0.1, 0.15) is 11.2 Å². The van der Waals surface area contributed by atoms with Crippen molar-refractivity contribution in [1.82, 2.24) is 0 Å². The Bertz CT molecular complexity index is 326. The van der Waals surface area contributed by atoms with Crippen LogP contribution in [0.2, 0.25) is 0 Å². The van der Waals surface area contributed by atoms with E-state index in [2.05, 4.69) is 0 Å². The number of rotatable bonds is 4. The van der Waals surface area contributed by atoms with E-state index in [4.69, 9.17) is 9.84 Å². The van der Waals surface area contributed by atoms with Crippen molar-refractivity contribution in [2.24, 2.45) is 11.3 Å². The van der Waals surface area contributed by atoms with Crippen LogP contribution in [0.15, 0.2) is 0 Å². The highest BCUT2D eigenvalue weighted by Gasteiger charge is 2.52. The highest BCUT2D eigenvalue weighted by molar-refractivity contribution is 6.04. The standard InChI is InChI=1S/C12H18O5/c1-8(7-10(14)15)12(11(16)17-2)6-4-3-5-9(12)13/h8H,3-7H2,1-2H3,(H,14,15)/t8?,12-/m1/s1. The molecule has 17 heavy (non-hydrogen) atoms. The Morgan fingerprint density at radius 1 is 1.47 bits per heavy atom. The molecule has 5 nitrogen and oxygen atoms in total. The Morgan fingerprint density at radius 2 is 2.12 bits per heavy atom. The zero-order valence-corrected chi connectivity index (χ0v) is 10.2. The van der Waals surface area contributed by atoms with Crippen LogP contribution in [0, 0.1) is 11.3 Å². The van der Waals surface area contributed by atoms with E-state index in [0.717, 1.165) is 12.8 Å². The number of carbonyl (C=O) groups excluding carboxylic acids is 2. The minimum atomic E-state index is -1.24. The van der Waals surface area contributed by atoms with Crippen LogP contribution in [0.5, 0.6) is 0 Å². The summed E-state index contributed by atoms with van der Waals surface area (Å²) in [5.41, 5.74) is -1.24. The first kappa shape index (κ1) is 13.7. The molecule has 0 heterocycles. The third-order valence-corrected chi connectivity index (χ3v) is 3.59. The number of Topliss-reactive ketones (excluding diaryl/α,β-unsaturated/α-hetero) is 1. The summed E-state index contributed by atoms with van der Waals surface area (Å²) < 4.78 is 4.71. The Balaban J connectivity index is 3.04. The molecule has 1 aliphatic rings. The number of carboxylic acid groups (broad SMARTS) is 1. The fourth-order valence-electron chi connectivity index (χ4n) is 2.61. The molecule has 1 unspecified atom stereocenters. The lowest BCUT2D eigenvalue weighted by Crippen LogP contribution is -2.48. The molecule has 0 saturated heterocycles. The fraction of sp³-hybridized carbons (Fsp3) is 0.750. The maximum atomic E-state index is 12.0. The molecule has 0 aromatic carbocycles. The molecular formula is C12H18O5. The van der Waals surface area contributed by atoms with Gasteiger partial charge in [0.05, 0.1) is 7.11 Å². The normalized spacial score (nSPS) is 26.4. The molecule has 1 fully saturated rings. The van der Waals surface area contributed by atoms with Crippen molar-refractivity contribution in [2.45, 2.75) is 39.0 Å². The molecule has 0 bridgehead atoms. The lowest BCUT2D eigenvalue weighted by molar-refractivity contribution is -0.165. The van der Waals surface area contributed by atoms with Crippen LogP contribution in [0.25, 0.3) is 0 Å². The third-order valence-electron chi connectivity index (χ3n) is 3.59. The predicted octanol–water partition coefficient (Wildman–Crippen LogP) is 1.40. The summed E-state index contributed by atoms with van der Waals surface area (Å²) in [6.45, 7) is 1.63. The average molecular weight is 242 g/mol. The van der Waals surface area contributed by atoms with Gasteiger partial charge in [0, 0.05) is 12.8 Å². The molecule has 0 aromatic rings. The van der Waals surface area contributed by atoms with Crippen LogP contribution >= 0.6 is 0 Å². The zero-order chi connectivity index (χ0) is 13.1. The van der Waals surface area contributed by atoms with E-state index in [1.165, 1.54) is 7.11 Å². The molecule has 5 heteroatoms. The Hall–Kier alpha value is -1.39. The average Bonchev–Trinajstić information content (AvgIpc) is 2.27. The Morgan fingerprint density at radius 3 is 2.59 bits per heavy atom. The second-order valence-corrected chi connectivity index (χ2v) is 4.59. The predicted molar refractivity (Wildman–Crippen MR) is 59.3 cm³/mol. The SMILES string of the molecule is COC(=O)[C@@]1(C(C)CC(=O)O)CCCCC1=O. The largest absolute Gasteiger partial charge is 0.481 e. The van der Waals surface area contributed by atoms with E-state index in [1.807, 2.05) is 0 Å². The van der Waals surface area contributed by atoms with E-state index in [-0.39, 0.29) is 12.2 Å². The summed E-state index contributed by atoms with van der Waals surface area (Å²) in [5, 5.41) is 8.81. The van der Waals surface area contributed by atoms with Gasteiger partial charge in [0.2, 0.25) is 0 Å². The van der Waals surface area contributed by atoms with Crippen molar-refractivity contribution < 1.29 is 24.2 Å². The summed E-state index contributed by atoms with van der Waals surface area (Å²) in [6.07, 6.45) is 2.05. The number of ether oxygens (including phenoxy) is 1. The minimum absolute atomic E-state index is 0.177. The smallest absolute Gasteiger partial charge is 0.319 e. The summed E-state index contributed by atoms with van der Waals surface area (Å²) in [5.74, 6) is -2.29. The summed E-state index contributed by atoms with van der Waals surface area (Å²) in [7, 11) is 1.24. The van der Waals surface area contributed by atoms with Crippen LogP contribution in [-0.2, 0) is 19.1 Å². The van der Waals surface area contributed by atoms with Crippen LogP contribution < -0.4 is 0 Å². The monoisotopic (exact) mass is 242 g/mol. The maximum Gasteiger partial charge on any atom is 0.319 e. The molecule has 0 radical (unpaired) electrons. The number of hydrogen-bond acceptors (Lipinski definition) is 4. The molecule has 2 atom stereocenters. The number of carbonyl (C=O) groups is 3. The second-order valence-electron chi connectivity index (χ2n) is 4.59. The Labute approximate surface area is 100 Å². The van der Waals surface area contributed by atoms with E-state index in [1.54, 1.807) is 6.92 Å². The van der Waals surface area contributed by atoms with E-state index >= 15 is 0 Å².